The molecule has 1 aromatic carbocycles. The van der Waals surface area contributed by atoms with Gasteiger partial charge in [-0.3, -0.25) is 9.59 Å². The largest absolute Gasteiger partial charge is 0.336 e. The van der Waals surface area contributed by atoms with Crippen LogP contribution in [0.2, 0.25) is 0 Å². The van der Waals surface area contributed by atoms with Crippen LogP contribution in [-0.2, 0) is 0 Å². The lowest BCUT2D eigenvalue weighted by Gasteiger charge is -2.28. The summed E-state index contributed by atoms with van der Waals surface area (Å²) in [6.45, 7) is 2.97. The number of carbonyl (C=O) groups excluding carboxylic acids is 2. The molecule has 2 N–H and O–H groups in total. The highest BCUT2D eigenvalue weighted by atomic mass is 32.1. The van der Waals surface area contributed by atoms with Crippen molar-refractivity contribution in [3.63, 3.8) is 0 Å². The zero-order valence-electron chi connectivity index (χ0n) is 12.0. The fourth-order valence-corrected chi connectivity index (χ4v) is 3.04. The Labute approximate surface area is 132 Å². The van der Waals surface area contributed by atoms with Gasteiger partial charge in [0.2, 0.25) is 0 Å². The second-order valence-electron chi connectivity index (χ2n) is 5.05. The lowest BCUT2D eigenvalue weighted by Crippen LogP contribution is -2.46. The number of piperazine rings is 1. The Morgan fingerprint density at radius 3 is 2.64 bits per heavy atom. The van der Waals surface area contributed by atoms with Gasteiger partial charge in [0.1, 0.15) is 0 Å². The van der Waals surface area contributed by atoms with E-state index < -0.39 is 0 Å². The number of hydrogen-bond acceptors (Lipinski definition) is 4. The molecule has 5 nitrogen and oxygen atoms in total. The molecule has 0 bridgehead atoms. The number of rotatable bonds is 3. The van der Waals surface area contributed by atoms with Gasteiger partial charge in [0.25, 0.3) is 11.8 Å². The zero-order valence-corrected chi connectivity index (χ0v) is 12.9. The van der Waals surface area contributed by atoms with E-state index in [0.717, 1.165) is 13.1 Å². The van der Waals surface area contributed by atoms with Crippen molar-refractivity contribution in [3.05, 3.63) is 52.2 Å². The average Bonchev–Trinajstić information content (AvgIpc) is 3.10. The second-order valence-corrected chi connectivity index (χ2v) is 5.83. The Bertz CT molecular complexity index is 664. The molecule has 2 aromatic rings. The summed E-state index contributed by atoms with van der Waals surface area (Å²) in [6.07, 6.45) is 0. The maximum Gasteiger partial charge on any atom is 0.256 e. The van der Waals surface area contributed by atoms with Crippen LogP contribution in [0.25, 0.3) is 0 Å². The lowest BCUT2D eigenvalue weighted by molar-refractivity contribution is 0.0737. The van der Waals surface area contributed by atoms with Crippen LogP contribution in [0.3, 0.4) is 0 Å². The molecular weight excluding hydrogens is 298 g/mol. The molecule has 1 fully saturated rings. The molecule has 1 saturated heterocycles. The summed E-state index contributed by atoms with van der Waals surface area (Å²) in [6, 6.07) is 8.92. The quantitative estimate of drug-likeness (QED) is 0.911. The summed E-state index contributed by atoms with van der Waals surface area (Å²) in [5.74, 6) is -0.232. The molecule has 0 unspecified atom stereocenters. The van der Waals surface area contributed by atoms with Gasteiger partial charge in [-0.05, 0) is 23.6 Å². The van der Waals surface area contributed by atoms with Crippen molar-refractivity contribution in [1.82, 2.24) is 10.2 Å². The highest BCUT2D eigenvalue weighted by Crippen LogP contribution is 2.19. The van der Waals surface area contributed by atoms with Gasteiger partial charge >= 0.3 is 0 Å². The van der Waals surface area contributed by atoms with Crippen LogP contribution in [-0.4, -0.2) is 42.9 Å². The third-order valence-corrected chi connectivity index (χ3v) is 4.28. The van der Waals surface area contributed by atoms with Crippen LogP contribution >= 0.6 is 11.3 Å². The minimum Gasteiger partial charge on any atom is -0.336 e. The molecule has 6 heteroatoms. The van der Waals surface area contributed by atoms with E-state index in [1.54, 1.807) is 23.6 Å². The SMILES string of the molecule is O=C(Nc1ccccc1C(=O)N1CCNCC1)c1ccsc1. The maximum absolute atomic E-state index is 12.6. The van der Waals surface area contributed by atoms with Crippen molar-refractivity contribution in [2.45, 2.75) is 0 Å². The summed E-state index contributed by atoms with van der Waals surface area (Å²) in [5.41, 5.74) is 1.70. The average molecular weight is 315 g/mol. The Kier molecular flexibility index (Phi) is 4.50. The third-order valence-electron chi connectivity index (χ3n) is 3.59. The molecular formula is C16H17N3O2S. The number of carbonyl (C=O) groups is 2. The number of nitrogens with zero attached hydrogens (tertiary/aromatic N) is 1. The van der Waals surface area contributed by atoms with Gasteiger partial charge < -0.3 is 15.5 Å². The number of hydrogen-bond donors (Lipinski definition) is 2. The van der Waals surface area contributed by atoms with Crippen molar-refractivity contribution < 1.29 is 9.59 Å². The molecule has 1 aliphatic rings. The topological polar surface area (TPSA) is 61.4 Å². The molecule has 0 atom stereocenters. The van der Waals surface area contributed by atoms with E-state index in [2.05, 4.69) is 10.6 Å². The van der Waals surface area contributed by atoms with Crippen LogP contribution in [0.15, 0.2) is 41.1 Å². The molecule has 2 amide bonds. The Balaban J connectivity index is 1.80. The first-order chi connectivity index (χ1) is 10.8. The molecule has 0 spiro atoms. The van der Waals surface area contributed by atoms with Gasteiger partial charge in [-0.1, -0.05) is 12.1 Å². The first-order valence-electron chi connectivity index (χ1n) is 7.18. The molecule has 0 radical (unpaired) electrons. The van der Waals surface area contributed by atoms with Crippen molar-refractivity contribution in [3.8, 4) is 0 Å². The van der Waals surface area contributed by atoms with Crippen LogP contribution in [0.5, 0.6) is 0 Å². The van der Waals surface area contributed by atoms with E-state index in [1.807, 2.05) is 22.4 Å². The molecule has 22 heavy (non-hydrogen) atoms. The molecule has 3 rings (SSSR count). The fraction of sp³-hybridized carbons (Fsp3) is 0.250. The van der Waals surface area contributed by atoms with Crippen molar-refractivity contribution in [1.29, 1.82) is 0 Å². The minimum atomic E-state index is -0.193. The fourth-order valence-electron chi connectivity index (χ4n) is 2.41. The van der Waals surface area contributed by atoms with Gasteiger partial charge in [0, 0.05) is 31.6 Å². The number of nitrogens with one attached hydrogen (secondary N) is 2. The summed E-state index contributed by atoms with van der Waals surface area (Å²) in [7, 11) is 0. The van der Waals surface area contributed by atoms with E-state index >= 15 is 0 Å². The van der Waals surface area contributed by atoms with Crippen LogP contribution in [0.4, 0.5) is 5.69 Å². The first kappa shape index (κ1) is 14.7. The van der Waals surface area contributed by atoms with Gasteiger partial charge in [0.15, 0.2) is 0 Å². The summed E-state index contributed by atoms with van der Waals surface area (Å²) in [5, 5.41) is 9.70. The second kappa shape index (κ2) is 6.72. The molecule has 0 aliphatic carbocycles. The number of benzene rings is 1. The van der Waals surface area contributed by atoms with E-state index in [-0.39, 0.29) is 11.8 Å². The van der Waals surface area contributed by atoms with Gasteiger partial charge in [-0.2, -0.15) is 11.3 Å². The van der Waals surface area contributed by atoms with Crippen LogP contribution in [0.1, 0.15) is 20.7 Å². The van der Waals surface area contributed by atoms with E-state index in [4.69, 9.17) is 0 Å². The predicted octanol–water partition coefficient (Wildman–Crippen LogP) is 2.05. The first-order valence-corrected chi connectivity index (χ1v) is 8.12. The summed E-state index contributed by atoms with van der Waals surface area (Å²) in [4.78, 5) is 26.6. The maximum atomic E-state index is 12.6. The normalized spacial score (nSPS) is 14.6. The smallest absolute Gasteiger partial charge is 0.256 e. The Hall–Kier alpha value is -2.18. The van der Waals surface area contributed by atoms with E-state index in [1.165, 1.54) is 11.3 Å². The molecule has 1 aliphatic heterocycles. The molecule has 114 valence electrons. The van der Waals surface area contributed by atoms with Gasteiger partial charge in [0.05, 0.1) is 16.8 Å². The predicted molar refractivity (Wildman–Crippen MR) is 87.5 cm³/mol. The number of anilines is 1. The Morgan fingerprint density at radius 1 is 1.14 bits per heavy atom. The van der Waals surface area contributed by atoms with Gasteiger partial charge in [-0.25, -0.2) is 0 Å². The lowest BCUT2D eigenvalue weighted by atomic mass is 10.1. The van der Waals surface area contributed by atoms with Crippen LogP contribution < -0.4 is 10.6 Å². The monoisotopic (exact) mass is 315 g/mol. The summed E-state index contributed by atoms with van der Waals surface area (Å²) >= 11 is 1.47. The standard InChI is InChI=1S/C16H17N3O2S/c20-15(12-5-10-22-11-12)18-14-4-2-1-3-13(14)16(21)19-8-6-17-7-9-19/h1-5,10-11,17H,6-9H2,(H,18,20). The highest BCUT2D eigenvalue weighted by molar-refractivity contribution is 7.08. The third kappa shape index (κ3) is 3.18. The van der Waals surface area contributed by atoms with E-state index in [9.17, 15) is 9.59 Å². The molecule has 1 aromatic heterocycles. The Morgan fingerprint density at radius 2 is 1.91 bits per heavy atom. The van der Waals surface area contributed by atoms with Crippen molar-refractivity contribution >= 4 is 28.8 Å². The number of thiophene rings is 1. The number of para-hydroxylation sites is 1. The van der Waals surface area contributed by atoms with Crippen LogP contribution in [0, 0.1) is 0 Å². The molecule has 2 heterocycles. The van der Waals surface area contributed by atoms with Crippen molar-refractivity contribution in [2.24, 2.45) is 0 Å². The summed E-state index contributed by atoms with van der Waals surface area (Å²) < 4.78 is 0. The zero-order chi connectivity index (χ0) is 15.4. The minimum absolute atomic E-state index is 0.0391. The highest BCUT2D eigenvalue weighted by Gasteiger charge is 2.21. The number of amides is 2. The molecule has 0 saturated carbocycles. The van der Waals surface area contributed by atoms with Gasteiger partial charge in [-0.15, -0.1) is 0 Å². The van der Waals surface area contributed by atoms with Crippen molar-refractivity contribution in [2.75, 3.05) is 31.5 Å². The van der Waals surface area contributed by atoms with E-state index in [0.29, 0.717) is 29.9 Å².